The van der Waals surface area contributed by atoms with Crippen LogP contribution in [0.4, 0.5) is 0 Å². The molecule has 3 aromatic rings. The summed E-state index contributed by atoms with van der Waals surface area (Å²) < 4.78 is 3.61. The molecule has 24 heavy (non-hydrogen) atoms. The number of hydrogen-bond donors (Lipinski definition) is 1. The average Bonchev–Trinajstić information content (AvgIpc) is 3.14. The Morgan fingerprint density at radius 3 is 2.88 bits per heavy atom. The van der Waals surface area contributed by atoms with Crippen LogP contribution in [0.25, 0.3) is 10.9 Å². The van der Waals surface area contributed by atoms with Gasteiger partial charge in [-0.05, 0) is 25.1 Å². The fourth-order valence-electron chi connectivity index (χ4n) is 3.26. The van der Waals surface area contributed by atoms with Crippen molar-refractivity contribution in [2.45, 2.75) is 26.6 Å². The number of benzene rings is 1. The van der Waals surface area contributed by atoms with Crippen molar-refractivity contribution in [2.24, 2.45) is 7.05 Å². The molecule has 7 nitrogen and oxygen atoms in total. The smallest absolute Gasteiger partial charge is 0.275 e. The van der Waals surface area contributed by atoms with Gasteiger partial charge in [-0.25, -0.2) is 0 Å². The molecule has 0 bridgehead atoms. The van der Waals surface area contributed by atoms with E-state index >= 15 is 0 Å². The van der Waals surface area contributed by atoms with E-state index in [1.54, 1.807) is 9.58 Å². The molecule has 0 atom stereocenters. The number of amides is 1. The molecular formula is C17H19N5O2. The first kappa shape index (κ1) is 14.9. The third-order valence-electron chi connectivity index (χ3n) is 4.51. The number of nitrogens with zero attached hydrogens (tertiary/aromatic N) is 5. The van der Waals surface area contributed by atoms with E-state index in [9.17, 15) is 9.90 Å². The largest absolute Gasteiger partial charge is 0.390 e. The molecule has 1 N–H and O–H groups in total. The Morgan fingerprint density at radius 2 is 2.08 bits per heavy atom. The molecule has 1 aromatic carbocycles. The topological polar surface area (TPSA) is 76.2 Å². The molecule has 0 unspecified atom stereocenters. The Labute approximate surface area is 139 Å². The van der Waals surface area contributed by atoms with E-state index in [-0.39, 0.29) is 12.5 Å². The molecule has 0 saturated heterocycles. The number of carbonyl (C=O) groups is 1. The summed E-state index contributed by atoms with van der Waals surface area (Å²) in [6, 6.07) is 7.87. The van der Waals surface area contributed by atoms with Crippen LogP contribution in [-0.2, 0) is 26.7 Å². The van der Waals surface area contributed by atoms with Crippen LogP contribution in [0.2, 0.25) is 0 Å². The maximum absolute atomic E-state index is 13.0. The SMILES string of the molecule is Cc1ccc2c(c1)c(C(=O)N1CCn3nc(CO)cc3C1)nn2C. The molecule has 4 rings (SSSR count). The molecule has 7 heteroatoms. The number of aliphatic hydroxyl groups is 1. The molecule has 2 aromatic heterocycles. The summed E-state index contributed by atoms with van der Waals surface area (Å²) in [7, 11) is 1.85. The Balaban J connectivity index is 1.68. The van der Waals surface area contributed by atoms with Crippen molar-refractivity contribution in [1.29, 1.82) is 0 Å². The van der Waals surface area contributed by atoms with Crippen molar-refractivity contribution in [3.8, 4) is 0 Å². The monoisotopic (exact) mass is 325 g/mol. The van der Waals surface area contributed by atoms with E-state index in [0.29, 0.717) is 31.0 Å². The minimum absolute atomic E-state index is 0.0656. The first-order valence-corrected chi connectivity index (χ1v) is 7.96. The molecule has 0 aliphatic carbocycles. The second-order valence-electron chi connectivity index (χ2n) is 6.23. The van der Waals surface area contributed by atoms with Crippen molar-refractivity contribution < 1.29 is 9.90 Å². The predicted octanol–water partition coefficient (Wildman–Crippen LogP) is 1.23. The fraction of sp³-hybridized carbons (Fsp3) is 0.353. The highest BCUT2D eigenvalue weighted by atomic mass is 16.3. The average molecular weight is 325 g/mol. The minimum Gasteiger partial charge on any atom is -0.390 e. The van der Waals surface area contributed by atoms with Gasteiger partial charge in [-0.15, -0.1) is 0 Å². The molecular weight excluding hydrogens is 306 g/mol. The Bertz CT molecular complexity index is 940. The van der Waals surface area contributed by atoms with Crippen molar-refractivity contribution >= 4 is 16.8 Å². The van der Waals surface area contributed by atoms with Crippen LogP contribution in [0.5, 0.6) is 0 Å². The van der Waals surface area contributed by atoms with E-state index < -0.39 is 0 Å². The van der Waals surface area contributed by atoms with Crippen LogP contribution in [0.15, 0.2) is 24.3 Å². The normalized spacial score (nSPS) is 14.2. The van der Waals surface area contributed by atoms with Gasteiger partial charge in [0.15, 0.2) is 5.69 Å². The van der Waals surface area contributed by atoms with E-state index in [0.717, 1.165) is 22.2 Å². The van der Waals surface area contributed by atoms with Crippen LogP contribution >= 0.6 is 0 Å². The Morgan fingerprint density at radius 1 is 1.25 bits per heavy atom. The Kier molecular flexibility index (Phi) is 3.38. The molecule has 0 spiro atoms. The second kappa shape index (κ2) is 5.45. The lowest BCUT2D eigenvalue weighted by Crippen LogP contribution is -2.38. The fourth-order valence-corrected chi connectivity index (χ4v) is 3.26. The van der Waals surface area contributed by atoms with Crippen molar-refractivity contribution in [1.82, 2.24) is 24.5 Å². The number of carbonyl (C=O) groups excluding carboxylic acids is 1. The molecule has 124 valence electrons. The highest BCUT2D eigenvalue weighted by Gasteiger charge is 2.26. The zero-order chi connectivity index (χ0) is 16.8. The van der Waals surface area contributed by atoms with Gasteiger partial charge in [0.1, 0.15) is 0 Å². The van der Waals surface area contributed by atoms with Crippen LogP contribution in [0, 0.1) is 6.92 Å². The zero-order valence-corrected chi connectivity index (χ0v) is 13.7. The standard InChI is InChI=1S/C17H19N5O2/c1-11-3-4-15-14(7-11)16(19-20(15)2)17(24)21-5-6-22-13(9-21)8-12(10-23)18-22/h3-4,7-8,23H,5-6,9-10H2,1-2H3. The number of aromatic nitrogens is 4. The van der Waals surface area contributed by atoms with Gasteiger partial charge in [0.25, 0.3) is 5.91 Å². The quantitative estimate of drug-likeness (QED) is 0.769. The maximum Gasteiger partial charge on any atom is 0.275 e. The number of hydrogen-bond acceptors (Lipinski definition) is 4. The Hall–Kier alpha value is -2.67. The van der Waals surface area contributed by atoms with Gasteiger partial charge in [-0.3, -0.25) is 14.2 Å². The summed E-state index contributed by atoms with van der Waals surface area (Å²) in [5, 5.41) is 18.9. The van der Waals surface area contributed by atoms with E-state index in [2.05, 4.69) is 10.2 Å². The highest BCUT2D eigenvalue weighted by Crippen LogP contribution is 2.23. The van der Waals surface area contributed by atoms with Crippen molar-refractivity contribution in [2.75, 3.05) is 6.54 Å². The van der Waals surface area contributed by atoms with Gasteiger partial charge in [-0.2, -0.15) is 10.2 Å². The maximum atomic E-state index is 13.0. The summed E-state index contributed by atoms with van der Waals surface area (Å²) >= 11 is 0. The van der Waals surface area contributed by atoms with Crippen LogP contribution in [0.3, 0.4) is 0 Å². The molecule has 1 aliphatic rings. The van der Waals surface area contributed by atoms with Gasteiger partial charge < -0.3 is 10.0 Å². The summed E-state index contributed by atoms with van der Waals surface area (Å²) in [6.07, 6.45) is 0. The van der Waals surface area contributed by atoms with E-state index in [1.807, 2.05) is 42.9 Å². The zero-order valence-electron chi connectivity index (χ0n) is 13.7. The molecule has 0 radical (unpaired) electrons. The van der Waals surface area contributed by atoms with Crippen molar-refractivity contribution in [3.05, 3.63) is 46.9 Å². The summed E-state index contributed by atoms with van der Waals surface area (Å²) in [6.45, 7) is 3.62. The third kappa shape index (κ3) is 2.28. The first-order chi connectivity index (χ1) is 11.6. The van der Waals surface area contributed by atoms with Crippen LogP contribution in [-0.4, -0.2) is 42.0 Å². The molecule has 3 heterocycles. The number of aryl methyl sites for hydroxylation is 2. The lowest BCUT2D eigenvalue weighted by atomic mass is 10.1. The molecule has 0 saturated carbocycles. The van der Waals surface area contributed by atoms with Crippen LogP contribution in [0.1, 0.15) is 27.4 Å². The molecule has 1 amide bonds. The van der Waals surface area contributed by atoms with Gasteiger partial charge in [-0.1, -0.05) is 11.6 Å². The highest BCUT2D eigenvalue weighted by molar-refractivity contribution is 6.05. The number of aliphatic hydroxyl groups excluding tert-OH is 1. The first-order valence-electron chi connectivity index (χ1n) is 7.96. The van der Waals surface area contributed by atoms with Gasteiger partial charge in [0, 0.05) is 19.0 Å². The van der Waals surface area contributed by atoms with Crippen LogP contribution < -0.4 is 0 Å². The van der Waals surface area contributed by atoms with E-state index in [4.69, 9.17) is 0 Å². The number of fused-ring (bicyclic) bond motifs is 2. The summed E-state index contributed by atoms with van der Waals surface area (Å²) in [4.78, 5) is 14.8. The lowest BCUT2D eigenvalue weighted by Gasteiger charge is -2.27. The minimum atomic E-state index is -0.0852. The summed E-state index contributed by atoms with van der Waals surface area (Å²) in [5.74, 6) is -0.0656. The third-order valence-corrected chi connectivity index (χ3v) is 4.51. The lowest BCUT2D eigenvalue weighted by molar-refractivity contribution is 0.0701. The predicted molar refractivity (Wildman–Crippen MR) is 88.3 cm³/mol. The summed E-state index contributed by atoms with van der Waals surface area (Å²) in [5.41, 5.74) is 4.13. The second-order valence-corrected chi connectivity index (χ2v) is 6.23. The van der Waals surface area contributed by atoms with E-state index in [1.165, 1.54) is 0 Å². The number of rotatable bonds is 2. The van der Waals surface area contributed by atoms with Crippen molar-refractivity contribution in [3.63, 3.8) is 0 Å². The molecule has 1 aliphatic heterocycles. The van der Waals surface area contributed by atoms with Gasteiger partial charge in [0.2, 0.25) is 0 Å². The van der Waals surface area contributed by atoms with Gasteiger partial charge in [0.05, 0.1) is 36.6 Å². The molecule has 0 fully saturated rings. The van der Waals surface area contributed by atoms with Gasteiger partial charge >= 0.3 is 0 Å².